The van der Waals surface area contributed by atoms with Crippen LogP contribution in [0.1, 0.15) is 24.4 Å². The van der Waals surface area contributed by atoms with Crippen LogP contribution in [0.3, 0.4) is 0 Å². The van der Waals surface area contributed by atoms with Gasteiger partial charge in [-0.25, -0.2) is 0 Å². The smallest absolute Gasteiger partial charge is 0.244 e. The first kappa shape index (κ1) is 20.2. The van der Waals surface area contributed by atoms with E-state index in [9.17, 15) is 4.79 Å². The van der Waals surface area contributed by atoms with Gasteiger partial charge >= 0.3 is 0 Å². The molecule has 0 bridgehead atoms. The minimum atomic E-state index is 0.0250. The van der Waals surface area contributed by atoms with Crippen molar-refractivity contribution in [3.63, 3.8) is 0 Å². The van der Waals surface area contributed by atoms with Crippen LogP contribution in [0.15, 0.2) is 59.4 Å². The van der Waals surface area contributed by atoms with E-state index in [-0.39, 0.29) is 11.9 Å². The number of rotatable bonds is 7. The number of amides is 1. The molecule has 0 aliphatic carbocycles. The molecule has 8 nitrogen and oxygen atoms in total. The largest absolute Gasteiger partial charge is 0.351 e. The first-order valence-corrected chi connectivity index (χ1v) is 10.2. The molecular weight excluding hydrogens is 380 g/mol. The summed E-state index contributed by atoms with van der Waals surface area (Å²) in [4.78, 5) is 25.4. The second kappa shape index (κ2) is 9.60. The minimum Gasteiger partial charge on any atom is -0.351 e. The summed E-state index contributed by atoms with van der Waals surface area (Å²) in [6.07, 6.45) is 3.44. The van der Waals surface area contributed by atoms with Gasteiger partial charge in [-0.3, -0.25) is 19.6 Å². The molecule has 156 valence electrons. The predicted octanol–water partition coefficient (Wildman–Crippen LogP) is 2.13. The molecule has 1 N–H and O–H groups in total. The molecule has 0 radical (unpaired) electrons. The number of aromatic nitrogens is 3. The van der Waals surface area contributed by atoms with Crippen molar-refractivity contribution in [2.45, 2.75) is 19.5 Å². The molecule has 1 atom stereocenters. The topological polar surface area (TPSA) is 87.4 Å². The molecule has 1 aromatic carbocycles. The third kappa shape index (κ3) is 5.08. The summed E-state index contributed by atoms with van der Waals surface area (Å²) in [7, 11) is 0. The van der Waals surface area contributed by atoms with Crippen molar-refractivity contribution in [2.24, 2.45) is 0 Å². The number of piperazine rings is 1. The fourth-order valence-electron chi connectivity index (χ4n) is 3.54. The van der Waals surface area contributed by atoms with Gasteiger partial charge in [0, 0.05) is 50.7 Å². The van der Waals surface area contributed by atoms with Gasteiger partial charge in [0.2, 0.25) is 17.6 Å². The number of pyridine rings is 1. The lowest BCUT2D eigenvalue weighted by Crippen LogP contribution is -2.49. The maximum atomic E-state index is 12.3. The first-order chi connectivity index (χ1) is 14.7. The number of carbonyl (C=O) groups excluding carboxylic acids is 1. The summed E-state index contributed by atoms with van der Waals surface area (Å²) in [6.45, 7) is 6.39. The van der Waals surface area contributed by atoms with E-state index in [0.29, 0.717) is 24.8 Å². The van der Waals surface area contributed by atoms with Crippen LogP contribution in [0.2, 0.25) is 0 Å². The molecular formula is C22H26N6O2. The second-order valence-electron chi connectivity index (χ2n) is 7.45. The van der Waals surface area contributed by atoms with Gasteiger partial charge in [0.05, 0.1) is 12.6 Å². The van der Waals surface area contributed by atoms with Crippen LogP contribution in [-0.2, 0) is 11.3 Å². The Bertz CT molecular complexity index is 939. The molecule has 1 saturated heterocycles. The molecule has 3 aromatic rings. The molecule has 3 heterocycles. The molecule has 30 heavy (non-hydrogen) atoms. The summed E-state index contributed by atoms with van der Waals surface area (Å²) >= 11 is 0. The van der Waals surface area contributed by atoms with Gasteiger partial charge in [-0.1, -0.05) is 35.5 Å². The third-order valence-electron chi connectivity index (χ3n) is 5.37. The van der Waals surface area contributed by atoms with Gasteiger partial charge < -0.3 is 9.84 Å². The lowest BCUT2D eigenvalue weighted by Gasteiger charge is -2.36. The SMILES string of the molecule is CC(c1nc(-c2cccnc2)no1)N1CCN(CC(=O)NCc2ccccc2)CC1. The minimum absolute atomic E-state index is 0.0250. The van der Waals surface area contributed by atoms with E-state index >= 15 is 0 Å². The fraction of sp³-hybridized carbons (Fsp3) is 0.364. The van der Waals surface area contributed by atoms with E-state index in [1.807, 2.05) is 42.5 Å². The van der Waals surface area contributed by atoms with Gasteiger partial charge in [0.1, 0.15) is 0 Å². The van der Waals surface area contributed by atoms with E-state index in [1.165, 1.54) is 0 Å². The molecule has 2 aromatic heterocycles. The zero-order valence-corrected chi connectivity index (χ0v) is 17.1. The number of hydrogen-bond acceptors (Lipinski definition) is 7. The van der Waals surface area contributed by atoms with Gasteiger partial charge in [-0.05, 0) is 24.6 Å². The van der Waals surface area contributed by atoms with Gasteiger partial charge in [0.15, 0.2) is 0 Å². The number of nitrogens with one attached hydrogen (secondary N) is 1. The van der Waals surface area contributed by atoms with Crippen LogP contribution in [0.25, 0.3) is 11.4 Å². The maximum absolute atomic E-state index is 12.3. The van der Waals surface area contributed by atoms with Crippen molar-refractivity contribution in [3.05, 3.63) is 66.3 Å². The molecule has 1 unspecified atom stereocenters. The maximum Gasteiger partial charge on any atom is 0.244 e. The van der Waals surface area contributed by atoms with Crippen molar-refractivity contribution < 1.29 is 9.32 Å². The fourth-order valence-corrected chi connectivity index (χ4v) is 3.54. The Kier molecular flexibility index (Phi) is 6.46. The number of benzene rings is 1. The zero-order valence-electron chi connectivity index (χ0n) is 17.1. The highest BCUT2D eigenvalue weighted by molar-refractivity contribution is 5.78. The van der Waals surface area contributed by atoms with Crippen LogP contribution in [-0.4, -0.2) is 63.6 Å². The van der Waals surface area contributed by atoms with Crippen molar-refractivity contribution in [3.8, 4) is 11.4 Å². The number of hydrogen-bond donors (Lipinski definition) is 1. The molecule has 0 spiro atoms. The summed E-state index contributed by atoms with van der Waals surface area (Å²) in [6, 6.07) is 13.7. The Morgan fingerprint density at radius 2 is 1.93 bits per heavy atom. The van der Waals surface area contributed by atoms with Gasteiger partial charge in [-0.2, -0.15) is 4.98 Å². The highest BCUT2D eigenvalue weighted by atomic mass is 16.5. The van der Waals surface area contributed by atoms with E-state index in [1.54, 1.807) is 12.4 Å². The van der Waals surface area contributed by atoms with E-state index in [4.69, 9.17) is 4.52 Å². The normalized spacial score (nSPS) is 16.3. The molecule has 1 aliphatic rings. The molecule has 8 heteroatoms. The quantitative estimate of drug-likeness (QED) is 0.643. The van der Waals surface area contributed by atoms with E-state index in [0.717, 1.165) is 37.3 Å². The van der Waals surface area contributed by atoms with Gasteiger partial charge in [0.25, 0.3) is 0 Å². The van der Waals surface area contributed by atoms with Crippen LogP contribution >= 0.6 is 0 Å². The van der Waals surface area contributed by atoms with E-state index < -0.39 is 0 Å². The lowest BCUT2D eigenvalue weighted by atomic mass is 10.2. The average Bonchev–Trinajstić information content (AvgIpc) is 3.29. The Hall–Kier alpha value is -3.10. The monoisotopic (exact) mass is 406 g/mol. The summed E-state index contributed by atoms with van der Waals surface area (Å²) in [5, 5.41) is 7.08. The number of nitrogens with zero attached hydrogens (tertiary/aromatic N) is 5. The second-order valence-corrected chi connectivity index (χ2v) is 7.45. The van der Waals surface area contributed by atoms with Crippen LogP contribution in [0, 0.1) is 0 Å². The number of carbonyl (C=O) groups is 1. The Balaban J connectivity index is 1.24. The van der Waals surface area contributed by atoms with Crippen LogP contribution in [0.4, 0.5) is 0 Å². The summed E-state index contributed by atoms with van der Waals surface area (Å²) in [5.74, 6) is 1.21. The Labute approximate surface area is 175 Å². The Morgan fingerprint density at radius 3 is 2.67 bits per heavy atom. The van der Waals surface area contributed by atoms with Crippen molar-refractivity contribution in [1.82, 2.24) is 30.2 Å². The molecule has 1 amide bonds. The van der Waals surface area contributed by atoms with E-state index in [2.05, 4.69) is 37.2 Å². The van der Waals surface area contributed by atoms with Crippen molar-refractivity contribution >= 4 is 5.91 Å². The molecule has 0 saturated carbocycles. The Morgan fingerprint density at radius 1 is 1.13 bits per heavy atom. The standard InChI is InChI=1S/C22H26N6O2/c1-17(22-25-21(26-30-22)19-8-5-9-23-15-19)28-12-10-27(11-13-28)16-20(29)24-14-18-6-3-2-4-7-18/h2-9,15,17H,10-14,16H2,1H3,(H,24,29). The molecule has 4 rings (SSSR count). The highest BCUT2D eigenvalue weighted by Gasteiger charge is 2.26. The summed E-state index contributed by atoms with van der Waals surface area (Å²) in [5.41, 5.74) is 1.95. The van der Waals surface area contributed by atoms with Crippen LogP contribution < -0.4 is 5.32 Å². The predicted molar refractivity (Wildman–Crippen MR) is 112 cm³/mol. The highest BCUT2D eigenvalue weighted by Crippen LogP contribution is 2.23. The zero-order chi connectivity index (χ0) is 20.8. The first-order valence-electron chi connectivity index (χ1n) is 10.2. The lowest BCUT2D eigenvalue weighted by molar-refractivity contribution is -0.122. The molecule has 1 fully saturated rings. The van der Waals surface area contributed by atoms with Crippen LogP contribution in [0.5, 0.6) is 0 Å². The third-order valence-corrected chi connectivity index (χ3v) is 5.37. The average molecular weight is 406 g/mol. The van der Waals surface area contributed by atoms with Crippen molar-refractivity contribution in [1.29, 1.82) is 0 Å². The van der Waals surface area contributed by atoms with Crippen molar-refractivity contribution in [2.75, 3.05) is 32.7 Å². The summed E-state index contributed by atoms with van der Waals surface area (Å²) < 4.78 is 5.49. The van der Waals surface area contributed by atoms with Gasteiger partial charge in [-0.15, -0.1) is 0 Å². The molecule has 1 aliphatic heterocycles.